The van der Waals surface area contributed by atoms with Crippen molar-refractivity contribution in [3.8, 4) is 11.5 Å². The topological polar surface area (TPSA) is 84.9 Å². The predicted molar refractivity (Wildman–Crippen MR) is 125 cm³/mol. The first-order chi connectivity index (χ1) is 15.7. The zero-order valence-corrected chi connectivity index (χ0v) is 19.7. The van der Waals surface area contributed by atoms with Crippen LogP contribution in [0, 0.1) is 0 Å². The van der Waals surface area contributed by atoms with Crippen LogP contribution >= 0.6 is 0 Å². The summed E-state index contributed by atoms with van der Waals surface area (Å²) in [6, 6.07) is 14.4. The fraction of sp³-hybridized carbons (Fsp3) is 0.423. The van der Waals surface area contributed by atoms with Crippen LogP contribution < -0.4 is 14.8 Å². The number of carbonyl (C=O) groups is 3. The number of nitrogens with zero attached hydrogens (tertiary/aromatic N) is 1. The van der Waals surface area contributed by atoms with Crippen LogP contribution in [0.15, 0.2) is 48.5 Å². The van der Waals surface area contributed by atoms with Gasteiger partial charge in [-0.2, -0.15) is 0 Å². The van der Waals surface area contributed by atoms with E-state index < -0.39 is 12.1 Å². The van der Waals surface area contributed by atoms with Crippen molar-refractivity contribution in [1.82, 2.24) is 10.2 Å². The molecule has 7 nitrogen and oxygen atoms in total. The molecule has 1 fully saturated rings. The van der Waals surface area contributed by atoms with Crippen molar-refractivity contribution in [2.75, 3.05) is 13.1 Å². The lowest BCUT2D eigenvalue weighted by atomic mass is 10.0. The first-order valence-electron chi connectivity index (χ1n) is 11.4. The Bertz CT molecular complexity index is 978. The fourth-order valence-corrected chi connectivity index (χ4v) is 3.78. The Labute approximate surface area is 195 Å². The highest BCUT2D eigenvalue weighted by Crippen LogP contribution is 2.21. The molecule has 0 saturated carbocycles. The van der Waals surface area contributed by atoms with E-state index >= 15 is 0 Å². The Morgan fingerprint density at radius 3 is 2.24 bits per heavy atom. The number of hydrogen-bond donors (Lipinski definition) is 1. The molecule has 0 radical (unpaired) electrons. The zero-order valence-electron chi connectivity index (χ0n) is 19.7. The van der Waals surface area contributed by atoms with Gasteiger partial charge in [0.05, 0.1) is 0 Å². The van der Waals surface area contributed by atoms with E-state index in [9.17, 15) is 14.4 Å². The van der Waals surface area contributed by atoms with Gasteiger partial charge >= 0.3 is 5.97 Å². The summed E-state index contributed by atoms with van der Waals surface area (Å²) < 4.78 is 10.9. The van der Waals surface area contributed by atoms with Crippen molar-refractivity contribution in [1.29, 1.82) is 0 Å². The molecule has 3 rings (SSSR count). The maximum Gasteiger partial charge on any atom is 0.308 e. The van der Waals surface area contributed by atoms with Gasteiger partial charge < -0.3 is 19.7 Å². The summed E-state index contributed by atoms with van der Waals surface area (Å²) in [4.78, 5) is 38.3. The van der Waals surface area contributed by atoms with Crippen LogP contribution in [0.1, 0.15) is 62.4 Å². The van der Waals surface area contributed by atoms with Crippen LogP contribution in [0.5, 0.6) is 11.5 Å². The van der Waals surface area contributed by atoms with Crippen LogP contribution in [0.4, 0.5) is 0 Å². The maximum absolute atomic E-state index is 12.8. The van der Waals surface area contributed by atoms with Crippen LogP contribution in [0.2, 0.25) is 0 Å². The van der Waals surface area contributed by atoms with E-state index in [1.54, 1.807) is 36.1 Å². The first-order valence-corrected chi connectivity index (χ1v) is 11.4. The number of amides is 2. The molecular weight excluding hydrogens is 420 g/mol. The van der Waals surface area contributed by atoms with E-state index in [0.717, 1.165) is 0 Å². The van der Waals surface area contributed by atoms with E-state index in [-0.39, 0.29) is 17.9 Å². The van der Waals surface area contributed by atoms with Crippen LogP contribution in [0.3, 0.4) is 0 Å². The third kappa shape index (κ3) is 6.81. The molecule has 1 aliphatic rings. The molecule has 1 saturated heterocycles. The lowest BCUT2D eigenvalue weighted by Crippen LogP contribution is -2.49. The van der Waals surface area contributed by atoms with Gasteiger partial charge in [0.15, 0.2) is 6.10 Å². The summed E-state index contributed by atoms with van der Waals surface area (Å²) in [5.74, 6) is 0.746. The SMILES string of the molecule is CC(=O)Oc1cccc(C(=O)N2CCC(NC(=O)C(C)Oc3ccc(C(C)C)cc3)CC2)c1. The lowest BCUT2D eigenvalue weighted by molar-refractivity contribution is -0.132. The van der Waals surface area contributed by atoms with Crippen molar-refractivity contribution in [3.63, 3.8) is 0 Å². The highest BCUT2D eigenvalue weighted by Gasteiger charge is 2.26. The van der Waals surface area contributed by atoms with Crippen molar-refractivity contribution in [3.05, 3.63) is 59.7 Å². The molecule has 176 valence electrons. The fourth-order valence-electron chi connectivity index (χ4n) is 3.78. The molecule has 1 unspecified atom stereocenters. The van der Waals surface area contributed by atoms with Crippen molar-refractivity contribution in [2.45, 2.75) is 58.6 Å². The molecule has 2 amide bonds. The predicted octanol–water partition coefficient (Wildman–Crippen LogP) is 3.92. The smallest absolute Gasteiger partial charge is 0.308 e. The van der Waals surface area contributed by atoms with Gasteiger partial charge in [-0.25, -0.2) is 0 Å². The van der Waals surface area contributed by atoms with Crippen molar-refractivity contribution >= 4 is 17.8 Å². The summed E-state index contributed by atoms with van der Waals surface area (Å²) in [7, 11) is 0. The minimum absolute atomic E-state index is 0.0108. The molecule has 2 aromatic carbocycles. The van der Waals surface area contributed by atoms with E-state index in [4.69, 9.17) is 9.47 Å². The average molecular weight is 453 g/mol. The first kappa shape index (κ1) is 24.3. The monoisotopic (exact) mass is 452 g/mol. The number of ether oxygens (including phenoxy) is 2. The van der Waals surface area contributed by atoms with Gasteiger partial charge in [-0.1, -0.05) is 32.0 Å². The number of carbonyl (C=O) groups excluding carboxylic acids is 3. The minimum atomic E-state index is -0.612. The van der Waals surface area contributed by atoms with Gasteiger partial charge in [-0.05, 0) is 61.6 Å². The van der Waals surface area contributed by atoms with Crippen molar-refractivity contribution in [2.24, 2.45) is 0 Å². The van der Waals surface area contributed by atoms with E-state index in [0.29, 0.717) is 48.9 Å². The van der Waals surface area contributed by atoms with E-state index in [1.165, 1.54) is 12.5 Å². The zero-order chi connectivity index (χ0) is 24.0. The third-order valence-corrected chi connectivity index (χ3v) is 5.70. The van der Waals surface area contributed by atoms with Gasteiger partial charge in [0.25, 0.3) is 11.8 Å². The lowest BCUT2D eigenvalue weighted by Gasteiger charge is -2.33. The van der Waals surface area contributed by atoms with Crippen LogP contribution in [-0.2, 0) is 9.59 Å². The highest BCUT2D eigenvalue weighted by molar-refractivity contribution is 5.94. The average Bonchev–Trinajstić information content (AvgIpc) is 2.79. The number of hydrogen-bond acceptors (Lipinski definition) is 5. The largest absolute Gasteiger partial charge is 0.481 e. The summed E-state index contributed by atoms with van der Waals surface area (Å²) in [5.41, 5.74) is 1.70. The maximum atomic E-state index is 12.8. The number of piperidine rings is 1. The number of rotatable bonds is 7. The number of likely N-dealkylation sites (tertiary alicyclic amines) is 1. The molecule has 1 heterocycles. The molecular formula is C26H32N2O5. The molecule has 7 heteroatoms. The standard InChI is InChI=1S/C26H32N2O5/c1-17(2)20-8-10-23(11-9-20)32-18(3)25(30)27-22-12-14-28(15-13-22)26(31)21-6-5-7-24(16-21)33-19(4)29/h5-11,16-18,22H,12-15H2,1-4H3,(H,27,30). The second kappa shape index (κ2) is 11.0. The Balaban J connectivity index is 1.48. The quantitative estimate of drug-likeness (QED) is 0.508. The number of benzene rings is 2. The second-order valence-corrected chi connectivity index (χ2v) is 8.68. The van der Waals surface area contributed by atoms with Crippen LogP contribution in [0.25, 0.3) is 0 Å². The molecule has 1 N–H and O–H groups in total. The molecule has 0 aliphatic carbocycles. The summed E-state index contributed by atoms with van der Waals surface area (Å²) >= 11 is 0. The minimum Gasteiger partial charge on any atom is -0.481 e. The molecule has 2 aromatic rings. The summed E-state index contributed by atoms with van der Waals surface area (Å²) in [5, 5.41) is 3.04. The normalized spacial score (nSPS) is 15.1. The van der Waals surface area contributed by atoms with Gasteiger partial charge in [0, 0.05) is 31.6 Å². The van der Waals surface area contributed by atoms with Gasteiger partial charge in [0.1, 0.15) is 11.5 Å². The van der Waals surface area contributed by atoms with Gasteiger partial charge in [-0.15, -0.1) is 0 Å². The van der Waals surface area contributed by atoms with Crippen LogP contribution in [-0.4, -0.2) is 47.9 Å². The Morgan fingerprint density at radius 2 is 1.64 bits per heavy atom. The molecule has 1 atom stereocenters. The Kier molecular flexibility index (Phi) is 8.09. The summed E-state index contributed by atoms with van der Waals surface area (Å²) in [6.45, 7) is 8.39. The Morgan fingerprint density at radius 1 is 0.970 bits per heavy atom. The number of nitrogens with one attached hydrogen (secondary N) is 1. The second-order valence-electron chi connectivity index (χ2n) is 8.68. The van der Waals surface area contributed by atoms with Crippen molar-refractivity contribution < 1.29 is 23.9 Å². The third-order valence-electron chi connectivity index (χ3n) is 5.70. The van der Waals surface area contributed by atoms with E-state index in [1.807, 2.05) is 24.3 Å². The molecule has 0 spiro atoms. The summed E-state index contributed by atoms with van der Waals surface area (Å²) in [6.07, 6.45) is 0.715. The number of esters is 1. The van der Waals surface area contributed by atoms with Gasteiger partial charge in [-0.3, -0.25) is 14.4 Å². The highest BCUT2D eigenvalue weighted by atomic mass is 16.5. The molecule has 33 heavy (non-hydrogen) atoms. The molecule has 0 bridgehead atoms. The molecule has 0 aromatic heterocycles. The van der Waals surface area contributed by atoms with Gasteiger partial charge in [0.2, 0.25) is 0 Å². The molecule has 1 aliphatic heterocycles. The Hall–Kier alpha value is -3.35. The van der Waals surface area contributed by atoms with E-state index in [2.05, 4.69) is 19.2 Å².